The van der Waals surface area contributed by atoms with E-state index in [4.69, 9.17) is 5.73 Å². The van der Waals surface area contributed by atoms with Crippen LogP contribution in [-0.4, -0.2) is 105 Å². The van der Waals surface area contributed by atoms with E-state index in [-0.39, 0.29) is 0 Å². The third-order valence-electron chi connectivity index (χ3n) is 19.0. The molecule has 28 heteroatoms. The number of hydrogen-bond donors (Lipinski definition) is 8. The molecule has 4 unspecified atom stereocenters. The van der Waals surface area contributed by atoms with E-state index < -0.39 is 257 Å². The number of fused-ring (bicyclic) bond motifs is 4. The Hall–Kier alpha value is -12.9. The van der Waals surface area contributed by atoms with Gasteiger partial charge in [-0.05, 0) is 154 Å². The van der Waals surface area contributed by atoms with Crippen LogP contribution in [0.4, 0.5) is 35.1 Å². The molecule has 0 radical (unpaired) electrons. The summed E-state index contributed by atoms with van der Waals surface area (Å²) in [6.07, 6.45) is 0. The average molecular weight is 1410 g/mol. The molecular formula is C75H55F8N7O13. The summed E-state index contributed by atoms with van der Waals surface area (Å²) in [6, 6.07) is 19.4. The van der Waals surface area contributed by atoms with Crippen LogP contribution in [0.1, 0.15) is 105 Å². The van der Waals surface area contributed by atoms with Crippen LogP contribution < -0.4 is 16.4 Å². The highest BCUT2D eigenvalue weighted by Crippen LogP contribution is 2.65. The first kappa shape index (κ1) is 70.0. The maximum absolute atomic E-state index is 18.0. The number of phenolic OH excluding ortho intramolecular Hbond substituents is 4. The lowest BCUT2D eigenvalue weighted by molar-refractivity contribution is -0.152. The number of likely N-dealkylation sites (N-methyl/N-ethyl adjacent to an activating group) is 2. The van der Waals surface area contributed by atoms with Crippen molar-refractivity contribution in [2.75, 3.05) is 13.6 Å². The van der Waals surface area contributed by atoms with Gasteiger partial charge in [-0.2, -0.15) is 0 Å². The zero-order valence-electron chi connectivity index (χ0n) is 54.6. The van der Waals surface area contributed by atoms with Gasteiger partial charge in [0.1, 0.15) is 40.0 Å². The molecule has 0 aliphatic carbocycles. The SMILES string of the molecule is CCNC(=O)C(c1c(C)n(C(=O)c2cccc(F)c2)c2cc(F)c(O)cc12)C(C(=O)NC)(c1c(C)n(C(=O)c2cccc(F)c2)c2cc(F)c(O)cc12)C(C(N)=O)(c1c(C)n(C(=O)c2cccc(F)c2)c2cc(F)c(O)cc12)C(C(=O)O)c1c(C)n(C(=O)c2cccc(F)c2)c2cc(F)c(O)cc12. The van der Waals surface area contributed by atoms with E-state index in [1.54, 1.807) is 0 Å². The number of rotatable bonds is 16. The van der Waals surface area contributed by atoms with Gasteiger partial charge in [0.2, 0.25) is 17.7 Å². The second-order valence-electron chi connectivity index (χ2n) is 24.5. The third-order valence-corrected chi connectivity index (χ3v) is 19.0. The number of aliphatic carboxylic acids is 1. The van der Waals surface area contributed by atoms with Crippen molar-refractivity contribution < 1.29 is 99.0 Å². The van der Waals surface area contributed by atoms with Crippen molar-refractivity contribution in [1.29, 1.82) is 0 Å². The molecule has 0 bridgehead atoms. The molecule has 0 fully saturated rings. The number of nitrogens with two attached hydrogens (primary N) is 1. The molecule has 12 aromatic rings. The van der Waals surface area contributed by atoms with Crippen molar-refractivity contribution in [1.82, 2.24) is 28.9 Å². The first-order valence-electron chi connectivity index (χ1n) is 31.2. The molecule has 3 amide bonds. The molecule has 20 nitrogen and oxygen atoms in total. The fraction of sp³-hybridized carbons (Fsp3) is 0.147. The Labute approximate surface area is 575 Å². The maximum atomic E-state index is 18.0. The molecule has 0 saturated heterocycles. The second-order valence-corrected chi connectivity index (χ2v) is 24.5. The summed E-state index contributed by atoms with van der Waals surface area (Å²) in [7, 11) is 0.835. The molecule has 8 aromatic carbocycles. The van der Waals surface area contributed by atoms with Crippen LogP contribution in [0.2, 0.25) is 0 Å². The Bertz CT molecular complexity index is 5760. The molecular weight excluding hydrogens is 1360 g/mol. The average Bonchev–Trinajstić information content (AvgIpc) is 1.58. The topological polar surface area (TPSA) is 308 Å². The number of carbonyl (C=O) groups is 8. The number of halogens is 8. The minimum atomic E-state index is -4.31. The van der Waals surface area contributed by atoms with Crippen LogP contribution in [0.25, 0.3) is 43.6 Å². The zero-order chi connectivity index (χ0) is 74.6. The number of amides is 3. The number of nitrogens with one attached hydrogen (secondary N) is 2. The fourth-order valence-corrected chi connectivity index (χ4v) is 15.1. The number of aromatic hydroxyl groups is 4. The standard InChI is InChI=1S/C75H55F8N7O13/c1-7-86-66(95)64(60-32(2)87(52-28-48(80)56(91)24-44(52)60)67(96)36-12-8-16-40(76)20-36)75(73(103)85-6,63-35(5)90(55-31-51(83)59(94)27-47(55)63)70(99)39-15-11-19-43(79)23-39)74(72(84)102,62-34(4)89(54-30-50(82)58(93)26-46(54)62)69(98)38-14-10-18-42(78)22-38)65(71(100)101)61-33(3)88(53-29-49(81)57(92)25-45(53)61)68(97)37-13-9-17-41(77)21-37/h8-31,64-65,91-94H,7H2,1-6H3,(H2,84,102)(H,85,103)(H,86,95)(H,100,101). The number of benzene rings is 8. The first-order valence-corrected chi connectivity index (χ1v) is 31.2. The lowest BCUT2D eigenvalue weighted by Gasteiger charge is -2.54. The van der Waals surface area contributed by atoms with Gasteiger partial charge in [0.25, 0.3) is 23.6 Å². The van der Waals surface area contributed by atoms with E-state index in [1.807, 2.05) is 0 Å². The number of hydrogen-bond acceptors (Lipinski definition) is 12. The van der Waals surface area contributed by atoms with Crippen molar-refractivity contribution in [3.8, 4) is 23.0 Å². The Kier molecular flexibility index (Phi) is 17.5. The van der Waals surface area contributed by atoms with Gasteiger partial charge in [-0.3, -0.25) is 56.6 Å². The van der Waals surface area contributed by atoms with Crippen LogP contribution in [0.5, 0.6) is 23.0 Å². The van der Waals surface area contributed by atoms with E-state index in [9.17, 15) is 25.5 Å². The smallest absolute Gasteiger partial charge is 0.312 e. The highest BCUT2D eigenvalue weighted by atomic mass is 19.2. The van der Waals surface area contributed by atoms with E-state index >= 15 is 73.5 Å². The highest BCUT2D eigenvalue weighted by molar-refractivity contribution is 6.19. The molecule has 0 aliphatic heterocycles. The van der Waals surface area contributed by atoms with Crippen molar-refractivity contribution in [3.63, 3.8) is 0 Å². The highest BCUT2D eigenvalue weighted by Gasteiger charge is 2.75. The molecule has 12 rings (SSSR count). The third kappa shape index (κ3) is 10.6. The van der Waals surface area contributed by atoms with Gasteiger partial charge >= 0.3 is 5.97 Å². The van der Waals surface area contributed by atoms with E-state index in [2.05, 4.69) is 10.6 Å². The van der Waals surface area contributed by atoms with Gasteiger partial charge in [-0.1, -0.05) is 24.3 Å². The predicted octanol–water partition coefficient (Wildman–Crippen LogP) is 11.6. The van der Waals surface area contributed by atoms with E-state index in [0.29, 0.717) is 85.0 Å². The maximum Gasteiger partial charge on any atom is 0.312 e. The molecule has 4 heterocycles. The Morgan fingerprint density at radius 3 is 1.01 bits per heavy atom. The first-order chi connectivity index (χ1) is 48.8. The van der Waals surface area contributed by atoms with Gasteiger partial charge in [-0.15, -0.1) is 0 Å². The minimum Gasteiger partial charge on any atom is -0.505 e. The number of aromatic nitrogens is 4. The summed E-state index contributed by atoms with van der Waals surface area (Å²) in [5.41, 5.74) is -13.7. The second kappa shape index (κ2) is 25.7. The fourth-order valence-electron chi connectivity index (χ4n) is 15.1. The zero-order valence-corrected chi connectivity index (χ0v) is 54.6. The number of primary amides is 1. The minimum absolute atomic E-state index is 0.473. The lowest BCUT2D eigenvalue weighted by Crippen LogP contribution is -2.71. The molecule has 4 atom stereocenters. The summed E-state index contributed by atoms with van der Waals surface area (Å²) >= 11 is 0. The molecule has 0 spiro atoms. The lowest BCUT2D eigenvalue weighted by atomic mass is 9.44. The van der Waals surface area contributed by atoms with Gasteiger partial charge < -0.3 is 41.9 Å². The van der Waals surface area contributed by atoms with E-state index in [0.717, 1.165) is 114 Å². The number of carboxylic acids is 1. The number of carboxylic acid groups (broad SMARTS) is 1. The summed E-state index contributed by atoms with van der Waals surface area (Å²) in [4.78, 5) is 132. The normalized spacial score (nSPS) is 13.4. The van der Waals surface area contributed by atoms with Crippen molar-refractivity contribution in [2.24, 2.45) is 5.73 Å². The Balaban J connectivity index is 1.47. The van der Waals surface area contributed by atoms with Gasteiger partial charge in [-0.25, -0.2) is 35.1 Å². The van der Waals surface area contributed by atoms with Crippen LogP contribution in [0.15, 0.2) is 146 Å². The number of phenols is 4. The number of carbonyl (C=O) groups excluding carboxylic acids is 7. The summed E-state index contributed by atoms with van der Waals surface area (Å²) in [6.45, 7) is 4.67. The van der Waals surface area contributed by atoms with E-state index in [1.165, 1.54) is 6.92 Å². The predicted molar refractivity (Wildman–Crippen MR) is 356 cm³/mol. The van der Waals surface area contributed by atoms with Gasteiger partial charge in [0, 0.05) is 104 Å². The van der Waals surface area contributed by atoms with Crippen molar-refractivity contribution >= 4 is 90.9 Å². The number of nitrogens with zero attached hydrogens (tertiary/aromatic N) is 4. The largest absolute Gasteiger partial charge is 0.505 e. The molecule has 4 aromatic heterocycles. The van der Waals surface area contributed by atoms with Gasteiger partial charge in [0.15, 0.2) is 46.3 Å². The molecule has 9 N–H and O–H groups in total. The van der Waals surface area contributed by atoms with Crippen LogP contribution in [0, 0.1) is 74.2 Å². The summed E-state index contributed by atoms with van der Waals surface area (Å²) in [5.74, 6) is -35.8. The molecule has 103 heavy (non-hydrogen) atoms. The van der Waals surface area contributed by atoms with Crippen molar-refractivity contribution in [3.05, 3.63) is 259 Å². The Morgan fingerprint density at radius 2 is 0.718 bits per heavy atom. The summed E-state index contributed by atoms with van der Waals surface area (Å²) < 4.78 is 131. The molecule has 0 aliphatic rings. The van der Waals surface area contributed by atoms with Crippen LogP contribution >= 0.6 is 0 Å². The monoisotopic (exact) mass is 1410 g/mol. The summed E-state index contributed by atoms with van der Waals surface area (Å²) in [5, 5.41) is 62.1. The molecule has 524 valence electrons. The molecule has 0 saturated carbocycles. The van der Waals surface area contributed by atoms with Gasteiger partial charge in [0.05, 0.1) is 28.0 Å². The van der Waals surface area contributed by atoms with Crippen LogP contribution in [-0.2, 0) is 30.0 Å². The van der Waals surface area contributed by atoms with Crippen molar-refractivity contribution in [2.45, 2.75) is 57.3 Å². The quantitative estimate of drug-likeness (QED) is 0.0418. The Morgan fingerprint density at radius 1 is 0.427 bits per heavy atom. The van der Waals surface area contributed by atoms with Crippen LogP contribution in [0.3, 0.4) is 0 Å².